The van der Waals surface area contributed by atoms with Gasteiger partial charge in [0.25, 0.3) is 10.0 Å². The highest BCUT2D eigenvalue weighted by atomic mass is 35.5. The molecule has 0 atom stereocenters. The van der Waals surface area contributed by atoms with Gasteiger partial charge in [-0.3, -0.25) is 9.10 Å². The van der Waals surface area contributed by atoms with Crippen LogP contribution in [0, 0.1) is 0 Å². The van der Waals surface area contributed by atoms with Crippen LogP contribution in [0.5, 0.6) is 23.0 Å². The summed E-state index contributed by atoms with van der Waals surface area (Å²) in [6.07, 6.45) is 0. The number of carbonyl (C=O) groups excluding carboxylic acids is 1. The molecule has 0 saturated heterocycles. The van der Waals surface area contributed by atoms with E-state index in [1.165, 1.54) is 44.6 Å². The summed E-state index contributed by atoms with van der Waals surface area (Å²) in [6, 6.07) is 17.4. The van der Waals surface area contributed by atoms with Crippen molar-refractivity contribution in [3.8, 4) is 23.0 Å². The Kier molecular flexibility index (Phi) is 9.26. The fourth-order valence-corrected chi connectivity index (χ4v) is 4.81. The molecule has 0 radical (unpaired) electrons. The number of sulfonamides is 1. The number of anilines is 1. The van der Waals surface area contributed by atoms with E-state index in [9.17, 15) is 13.2 Å². The molecule has 0 spiro atoms. The molecule has 0 fully saturated rings. The van der Waals surface area contributed by atoms with Crippen molar-refractivity contribution >= 4 is 33.2 Å². The smallest absolute Gasteiger partial charge is 0.264 e. The Morgan fingerprint density at radius 3 is 2.11 bits per heavy atom. The maximum Gasteiger partial charge on any atom is 0.264 e. The number of ether oxygens (including phenoxy) is 4. The summed E-state index contributed by atoms with van der Waals surface area (Å²) in [4.78, 5) is 12.7. The number of amides is 1. The third kappa shape index (κ3) is 6.73. The van der Waals surface area contributed by atoms with E-state index in [1.807, 2.05) is 0 Å². The molecule has 0 saturated carbocycles. The Bertz CT molecular complexity index is 1270. The molecule has 192 valence electrons. The van der Waals surface area contributed by atoms with Crippen molar-refractivity contribution in [1.82, 2.24) is 5.32 Å². The Balaban J connectivity index is 1.74. The molecule has 0 heterocycles. The molecule has 0 aliphatic heterocycles. The topological polar surface area (TPSA) is 103 Å². The molecule has 3 aromatic rings. The number of hydrogen-bond acceptors (Lipinski definition) is 7. The fourth-order valence-electron chi connectivity index (χ4n) is 3.24. The molecule has 36 heavy (non-hydrogen) atoms. The van der Waals surface area contributed by atoms with Crippen molar-refractivity contribution < 1.29 is 32.2 Å². The fraction of sp³-hybridized carbons (Fsp3) is 0.240. The Hall–Kier alpha value is -3.63. The normalized spacial score (nSPS) is 10.9. The van der Waals surface area contributed by atoms with Crippen molar-refractivity contribution in [3.63, 3.8) is 0 Å². The number of carbonyl (C=O) groups is 1. The van der Waals surface area contributed by atoms with Crippen LogP contribution in [0.1, 0.15) is 0 Å². The van der Waals surface area contributed by atoms with Gasteiger partial charge in [-0.1, -0.05) is 11.6 Å². The molecule has 1 amide bonds. The molecule has 0 bridgehead atoms. The van der Waals surface area contributed by atoms with Gasteiger partial charge < -0.3 is 24.3 Å². The highest BCUT2D eigenvalue weighted by Crippen LogP contribution is 2.32. The van der Waals surface area contributed by atoms with Gasteiger partial charge in [0.2, 0.25) is 5.91 Å². The summed E-state index contributed by atoms with van der Waals surface area (Å²) in [6.45, 7) is -0.0853. The second-order valence-corrected chi connectivity index (χ2v) is 9.68. The Labute approximate surface area is 215 Å². The molecule has 3 aromatic carbocycles. The van der Waals surface area contributed by atoms with Crippen LogP contribution >= 0.6 is 11.6 Å². The van der Waals surface area contributed by atoms with Crippen LogP contribution in [0.2, 0.25) is 5.02 Å². The van der Waals surface area contributed by atoms with Crippen molar-refractivity contribution in [2.45, 2.75) is 4.90 Å². The minimum atomic E-state index is -4.15. The lowest BCUT2D eigenvalue weighted by Gasteiger charge is -2.24. The molecule has 11 heteroatoms. The SMILES string of the molecule is COc1ccc(OCCNC(=O)CN(c2ccc(Cl)cc2)S(=O)(=O)c2ccc(OC)c(OC)c2)cc1. The lowest BCUT2D eigenvalue weighted by molar-refractivity contribution is -0.119. The standard InChI is InChI=1S/C25H27ClN2O7S/c1-32-20-8-10-21(11-9-20)35-15-14-27-25(29)17-28(19-6-4-18(26)5-7-19)36(30,31)22-12-13-23(33-2)24(16-22)34-3/h4-13,16H,14-15,17H2,1-3H3,(H,27,29). The number of hydrogen-bond donors (Lipinski definition) is 1. The number of halogens is 1. The zero-order chi connectivity index (χ0) is 26.1. The van der Waals surface area contributed by atoms with Crippen LogP contribution < -0.4 is 28.6 Å². The van der Waals surface area contributed by atoms with Crippen LogP contribution in [0.3, 0.4) is 0 Å². The lowest BCUT2D eigenvalue weighted by Crippen LogP contribution is -2.41. The summed E-state index contributed by atoms with van der Waals surface area (Å²) in [5, 5.41) is 3.12. The molecule has 0 aliphatic rings. The number of benzene rings is 3. The predicted molar refractivity (Wildman–Crippen MR) is 137 cm³/mol. The van der Waals surface area contributed by atoms with Crippen molar-refractivity contribution in [2.75, 3.05) is 45.3 Å². The van der Waals surface area contributed by atoms with E-state index in [-0.39, 0.29) is 29.5 Å². The maximum atomic E-state index is 13.6. The highest BCUT2D eigenvalue weighted by molar-refractivity contribution is 7.92. The first-order chi connectivity index (χ1) is 17.3. The van der Waals surface area contributed by atoms with Gasteiger partial charge in [0.05, 0.1) is 38.5 Å². The van der Waals surface area contributed by atoms with Gasteiger partial charge in [0.1, 0.15) is 24.7 Å². The first-order valence-corrected chi connectivity index (χ1v) is 12.6. The van der Waals surface area contributed by atoms with Gasteiger partial charge in [-0.15, -0.1) is 0 Å². The lowest BCUT2D eigenvalue weighted by atomic mass is 10.3. The van der Waals surface area contributed by atoms with E-state index in [0.717, 1.165) is 4.31 Å². The summed E-state index contributed by atoms with van der Waals surface area (Å²) >= 11 is 5.98. The first-order valence-electron chi connectivity index (χ1n) is 10.8. The summed E-state index contributed by atoms with van der Waals surface area (Å²) in [5.74, 6) is 1.43. The largest absolute Gasteiger partial charge is 0.497 e. The van der Waals surface area contributed by atoms with Crippen LogP contribution in [-0.4, -0.2) is 55.4 Å². The summed E-state index contributed by atoms with van der Waals surface area (Å²) in [7, 11) is 0.287. The van der Waals surface area contributed by atoms with E-state index in [0.29, 0.717) is 22.3 Å². The third-order valence-corrected chi connectivity index (χ3v) is 7.12. The molecule has 3 rings (SSSR count). The van der Waals surface area contributed by atoms with E-state index in [4.69, 9.17) is 30.5 Å². The van der Waals surface area contributed by atoms with Gasteiger partial charge in [0, 0.05) is 11.1 Å². The van der Waals surface area contributed by atoms with Gasteiger partial charge in [-0.05, 0) is 60.7 Å². The summed E-state index contributed by atoms with van der Waals surface area (Å²) < 4.78 is 49.3. The Morgan fingerprint density at radius 2 is 1.50 bits per heavy atom. The molecule has 1 N–H and O–H groups in total. The van der Waals surface area contributed by atoms with Gasteiger partial charge >= 0.3 is 0 Å². The van der Waals surface area contributed by atoms with Crippen LogP contribution in [0.4, 0.5) is 5.69 Å². The minimum absolute atomic E-state index is 0.0641. The number of nitrogens with one attached hydrogen (secondary N) is 1. The molecule has 0 aromatic heterocycles. The molecular formula is C25H27ClN2O7S. The number of rotatable bonds is 12. The summed E-state index contributed by atoms with van der Waals surface area (Å²) in [5.41, 5.74) is 0.277. The van der Waals surface area contributed by atoms with Gasteiger partial charge in [-0.2, -0.15) is 0 Å². The van der Waals surface area contributed by atoms with Crippen LogP contribution in [0.25, 0.3) is 0 Å². The van der Waals surface area contributed by atoms with Gasteiger partial charge in [0.15, 0.2) is 11.5 Å². The second-order valence-electron chi connectivity index (χ2n) is 7.38. The predicted octanol–water partition coefficient (Wildman–Crippen LogP) is 3.76. The molecule has 0 unspecified atom stereocenters. The molecule has 9 nitrogen and oxygen atoms in total. The van der Waals surface area contributed by atoms with E-state index < -0.39 is 22.5 Å². The average molecular weight is 535 g/mol. The number of methoxy groups -OCH3 is 3. The Morgan fingerprint density at radius 1 is 0.861 bits per heavy atom. The average Bonchev–Trinajstić information content (AvgIpc) is 2.90. The van der Waals surface area contributed by atoms with E-state index in [2.05, 4.69) is 5.32 Å². The van der Waals surface area contributed by atoms with Crippen molar-refractivity contribution in [1.29, 1.82) is 0 Å². The zero-order valence-electron chi connectivity index (χ0n) is 20.1. The minimum Gasteiger partial charge on any atom is -0.497 e. The molecular weight excluding hydrogens is 508 g/mol. The maximum absolute atomic E-state index is 13.6. The van der Waals surface area contributed by atoms with Crippen LogP contribution in [0.15, 0.2) is 71.6 Å². The van der Waals surface area contributed by atoms with E-state index in [1.54, 1.807) is 43.5 Å². The van der Waals surface area contributed by atoms with Crippen LogP contribution in [-0.2, 0) is 14.8 Å². The monoisotopic (exact) mass is 534 g/mol. The first kappa shape index (κ1) is 27.0. The quantitative estimate of drug-likeness (QED) is 0.353. The van der Waals surface area contributed by atoms with Gasteiger partial charge in [-0.25, -0.2) is 8.42 Å². The molecule has 0 aliphatic carbocycles. The highest BCUT2D eigenvalue weighted by Gasteiger charge is 2.28. The zero-order valence-corrected chi connectivity index (χ0v) is 21.6. The van der Waals surface area contributed by atoms with Crippen molar-refractivity contribution in [3.05, 3.63) is 71.8 Å². The van der Waals surface area contributed by atoms with Crippen molar-refractivity contribution in [2.24, 2.45) is 0 Å². The second kappa shape index (κ2) is 12.4. The van der Waals surface area contributed by atoms with E-state index >= 15 is 0 Å². The number of nitrogens with zero attached hydrogens (tertiary/aromatic N) is 1. The third-order valence-electron chi connectivity index (χ3n) is 5.10.